The summed E-state index contributed by atoms with van der Waals surface area (Å²) in [7, 11) is 1.33. The van der Waals surface area contributed by atoms with Crippen LogP contribution in [-0.4, -0.2) is 34.5 Å². The summed E-state index contributed by atoms with van der Waals surface area (Å²) in [5.74, 6) is 1.62. The summed E-state index contributed by atoms with van der Waals surface area (Å²) in [6, 6.07) is 27.4. The Balaban J connectivity index is 1.65. The molecular weight excluding hydrogens is 390 g/mol. The van der Waals surface area contributed by atoms with Gasteiger partial charge in [0.25, 0.3) is 0 Å². The number of esters is 1. The van der Waals surface area contributed by atoms with Crippen molar-refractivity contribution in [1.82, 2.24) is 14.8 Å². The van der Waals surface area contributed by atoms with Crippen LogP contribution in [0.4, 0.5) is 0 Å². The van der Waals surface area contributed by atoms with Crippen LogP contribution in [0.5, 0.6) is 5.75 Å². The number of aromatic nitrogens is 3. The normalized spacial score (nSPS) is 10.9. The summed E-state index contributed by atoms with van der Waals surface area (Å²) >= 11 is 0. The molecule has 0 N–H and O–H groups in total. The van der Waals surface area contributed by atoms with E-state index in [1.165, 1.54) is 7.11 Å². The zero-order valence-electron chi connectivity index (χ0n) is 17.0. The molecule has 154 valence electrons. The number of carbonyl (C=O) groups excluding carboxylic acids is 1. The van der Waals surface area contributed by atoms with Crippen LogP contribution < -0.4 is 4.74 Å². The minimum Gasteiger partial charge on any atom is -0.482 e. The van der Waals surface area contributed by atoms with Crippen LogP contribution in [0.1, 0.15) is 11.4 Å². The molecule has 4 rings (SSSR count). The molecule has 4 aromatic rings. The summed E-state index contributed by atoms with van der Waals surface area (Å²) in [5.41, 5.74) is 2.86. The van der Waals surface area contributed by atoms with Crippen molar-refractivity contribution in [2.24, 2.45) is 0 Å². The molecule has 0 aliphatic carbocycles. The maximum absolute atomic E-state index is 11.3. The molecule has 0 bridgehead atoms. The van der Waals surface area contributed by atoms with Crippen molar-refractivity contribution in [3.63, 3.8) is 0 Å². The minimum absolute atomic E-state index is 0.133. The number of para-hydroxylation sites is 1. The number of hydrogen-bond donors (Lipinski definition) is 0. The average molecular weight is 411 g/mol. The third-order valence-electron chi connectivity index (χ3n) is 4.60. The fourth-order valence-corrected chi connectivity index (χ4v) is 3.09. The van der Waals surface area contributed by atoms with Gasteiger partial charge >= 0.3 is 5.97 Å². The molecule has 6 heteroatoms. The number of carbonyl (C=O) groups is 1. The van der Waals surface area contributed by atoms with Gasteiger partial charge in [0.05, 0.1) is 7.11 Å². The summed E-state index contributed by atoms with van der Waals surface area (Å²) in [4.78, 5) is 11.3. The van der Waals surface area contributed by atoms with Gasteiger partial charge in [-0.1, -0.05) is 66.7 Å². The Morgan fingerprint density at radius 3 is 2.39 bits per heavy atom. The van der Waals surface area contributed by atoms with Crippen LogP contribution in [-0.2, 0) is 9.53 Å². The quantitative estimate of drug-likeness (QED) is 0.414. The Labute approximate surface area is 180 Å². The maximum Gasteiger partial charge on any atom is 0.343 e. The molecule has 0 saturated carbocycles. The lowest BCUT2D eigenvalue weighted by atomic mass is 10.2. The molecule has 6 nitrogen and oxygen atoms in total. The molecule has 0 unspecified atom stereocenters. The third-order valence-corrected chi connectivity index (χ3v) is 4.60. The van der Waals surface area contributed by atoms with Gasteiger partial charge in [0.15, 0.2) is 18.3 Å². The first-order valence-electron chi connectivity index (χ1n) is 9.78. The van der Waals surface area contributed by atoms with Crippen molar-refractivity contribution in [2.75, 3.05) is 13.7 Å². The largest absolute Gasteiger partial charge is 0.482 e. The topological polar surface area (TPSA) is 66.2 Å². The van der Waals surface area contributed by atoms with Crippen molar-refractivity contribution in [1.29, 1.82) is 0 Å². The summed E-state index contributed by atoms with van der Waals surface area (Å²) in [6.45, 7) is -0.133. The molecule has 0 aliphatic heterocycles. The predicted molar refractivity (Wildman–Crippen MR) is 120 cm³/mol. The van der Waals surface area contributed by atoms with E-state index in [-0.39, 0.29) is 6.61 Å². The molecule has 0 fully saturated rings. The van der Waals surface area contributed by atoms with E-state index < -0.39 is 5.97 Å². The Hall–Kier alpha value is -4.19. The lowest BCUT2D eigenvalue weighted by Crippen LogP contribution is -2.12. The highest BCUT2D eigenvalue weighted by Crippen LogP contribution is 2.24. The fourth-order valence-electron chi connectivity index (χ4n) is 3.09. The van der Waals surface area contributed by atoms with E-state index in [0.29, 0.717) is 11.6 Å². The van der Waals surface area contributed by atoms with E-state index >= 15 is 0 Å². The Morgan fingerprint density at radius 1 is 0.903 bits per heavy atom. The number of rotatable bonds is 7. The van der Waals surface area contributed by atoms with Gasteiger partial charge < -0.3 is 9.47 Å². The monoisotopic (exact) mass is 411 g/mol. The van der Waals surface area contributed by atoms with Gasteiger partial charge in [0, 0.05) is 11.3 Å². The van der Waals surface area contributed by atoms with Crippen molar-refractivity contribution in [3.8, 4) is 22.8 Å². The highest BCUT2D eigenvalue weighted by molar-refractivity contribution is 5.72. The van der Waals surface area contributed by atoms with Crippen molar-refractivity contribution < 1.29 is 14.3 Å². The number of benzene rings is 3. The van der Waals surface area contributed by atoms with Crippen LogP contribution >= 0.6 is 0 Å². The number of hydrogen-bond acceptors (Lipinski definition) is 5. The zero-order valence-corrected chi connectivity index (χ0v) is 17.0. The second-order valence-corrected chi connectivity index (χ2v) is 6.69. The first-order valence-corrected chi connectivity index (χ1v) is 9.78. The second-order valence-electron chi connectivity index (χ2n) is 6.69. The molecule has 1 aromatic heterocycles. The summed E-state index contributed by atoms with van der Waals surface area (Å²) in [5, 5.41) is 8.85. The van der Waals surface area contributed by atoms with E-state index in [1.54, 1.807) is 6.07 Å². The van der Waals surface area contributed by atoms with E-state index in [9.17, 15) is 4.79 Å². The highest BCUT2D eigenvalue weighted by atomic mass is 16.6. The Kier molecular flexibility index (Phi) is 6.18. The van der Waals surface area contributed by atoms with Gasteiger partial charge in [-0.05, 0) is 35.9 Å². The van der Waals surface area contributed by atoms with Crippen molar-refractivity contribution in [2.45, 2.75) is 0 Å². The Bertz CT molecular complexity index is 1190. The molecule has 1 heterocycles. The molecule has 0 aliphatic rings. The second kappa shape index (κ2) is 9.54. The zero-order chi connectivity index (χ0) is 21.5. The predicted octanol–water partition coefficient (Wildman–Crippen LogP) is 4.66. The summed E-state index contributed by atoms with van der Waals surface area (Å²) < 4.78 is 12.1. The SMILES string of the molecule is COC(=O)COc1cccc(/C=C/c2nnc(-c3ccccc3)n2-c2ccccc2)c1. The van der Waals surface area contributed by atoms with Gasteiger partial charge in [0.2, 0.25) is 0 Å². The van der Waals surface area contributed by atoms with E-state index in [1.807, 2.05) is 95.6 Å². The molecule has 0 radical (unpaired) electrons. The van der Waals surface area contributed by atoms with Crippen LogP contribution in [0, 0.1) is 0 Å². The molecule has 0 spiro atoms. The van der Waals surface area contributed by atoms with Crippen LogP contribution in [0.3, 0.4) is 0 Å². The molecule has 0 amide bonds. The summed E-state index contributed by atoms with van der Waals surface area (Å²) in [6.07, 6.45) is 3.84. The van der Waals surface area contributed by atoms with Gasteiger partial charge in [-0.15, -0.1) is 10.2 Å². The molecule has 31 heavy (non-hydrogen) atoms. The van der Waals surface area contributed by atoms with Crippen molar-refractivity contribution in [3.05, 3.63) is 96.3 Å². The first-order chi connectivity index (χ1) is 15.2. The third kappa shape index (κ3) is 4.87. The van der Waals surface area contributed by atoms with Crippen LogP contribution in [0.25, 0.3) is 29.2 Å². The van der Waals surface area contributed by atoms with Gasteiger partial charge in [0.1, 0.15) is 5.75 Å². The van der Waals surface area contributed by atoms with E-state index in [0.717, 1.165) is 22.6 Å². The highest BCUT2D eigenvalue weighted by Gasteiger charge is 2.13. The van der Waals surface area contributed by atoms with Gasteiger partial charge in [-0.2, -0.15) is 0 Å². The lowest BCUT2D eigenvalue weighted by molar-refractivity contribution is -0.142. The van der Waals surface area contributed by atoms with E-state index in [4.69, 9.17) is 4.74 Å². The smallest absolute Gasteiger partial charge is 0.343 e. The Morgan fingerprint density at radius 2 is 1.65 bits per heavy atom. The van der Waals surface area contributed by atoms with Gasteiger partial charge in [-0.25, -0.2) is 4.79 Å². The van der Waals surface area contributed by atoms with Crippen LogP contribution in [0.15, 0.2) is 84.9 Å². The van der Waals surface area contributed by atoms with Crippen LogP contribution in [0.2, 0.25) is 0 Å². The average Bonchev–Trinajstić information content (AvgIpc) is 3.26. The standard InChI is InChI=1S/C25H21N3O3/c1-30-24(29)18-31-22-14-8-9-19(17-22)15-16-23-26-27-25(20-10-4-2-5-11-20)28(23)21-12-6-3-7-13-21/h2-17H,18H2,1H3/b16-15+. The number of ether oxygens (including phenoxy) is 2. The number of nitrogens with zero attached hydrogens (tertiary/aromatic N) is 3. The lowest BCUT2D eigenvalue weighted by Gasteiger charge is -2.09. The maximum atomic E-state index is 11.3. The first kappa shape index (κ1) is 20.1. The van der Waals surface area contributed by atoms with E-state index in [2.05, 4.69) is 14.9 Å². The molecule has 3 aromatic carbocycles. The molecular formula is C25H21N3O3. The number of methoxy groups -OCH3 is 1. The molecule has 0 atom stereocenters. The fraction of sp³-hybridized carbons (Fsp3) is 0.0800. The minimum atomic E-state index is -0.426. The van der Waals surface area contributed by atoms with Gasteiger partial charge in [-0.3, -0.25) is 4.57 Å². The van der Waals surface area contributed by atoms with Crippen molar-refractivity contribution >= 4 is 18.1 Å². The molecule has 0 saturated heterocycles.